The fourth-order valence-corrected chi connectivity index (χ4v) is 2.72. The van der Waals surface area contributed by atoms with Crippen molar-refractivity contribution >= 4 is 5.91 Å². The predicted octanol–water partition coefficient (Wildman–Crippen LogP) is 0.789. The molecule has 0 fully saturated rings. The van der Waals surface area contributed by atoms with Crippen LogP contribution < -0.4 is 5.32 Å². The fraction of sp³-hybridized carbons (Fsp3) is 0.588. The van der Waals surface area contributed by atoms with E-state index in [1.807, 2.05) is 37.4 Å². The number of rotatable bonds is 7. The number of aliphatic hydroxyl groups is 1. The number of carbonyl (C=O) groups excluding carboxylic acids is 1. The fourth-order valence-electron chi connectivity index (χ4n) is 2.72. The molecular formula is C17H27N5O3. The SMILES string of the molecule is Cc1cc(C(C)(O)CNC(=O)CN(C)Cc2nnc(C)n2C)c(C)o1. The van der Waals surface area contributed by atoms with Crippen LogP contribution in [0.15, 0.2) is 10.5 Å². The van der Waals surface area contributed by atoms with Gasteiger partial charge in [-0.1, -0.05) is 0 Å². The molecule has 25 heavy (non-hydrogen) atoms. The Morgan fingerprint density at radius 1 is 1.40 bits per heavy atom. The number of furan rings is 1. The lowest BCUT2D eigenvalue weighted by Gasteiger charge is -2.24. The van der Waals surface area contributed by atoms with Gasteiger partial charge in [-0.25, -0.2) is 0 Å². The van der Waals surface area contributed by atoms with Gasteiger partial charge in [-0.15, -0.1) is 10.2 Å². The molecule has 1 atom stereocenters. The Balaban J connectivity index is 1.87. The molecule has 0 saturated carbocycles. The second kappa shape index (κ2) is 7.37. The molecule has 0 aliphatic rings. The van der Waals surface area contributed by atoms with Crippen LogP contribution in [0.25, 0.3) is 0 Å². The highest BCUT2D eigenvalue weighted by Crippen LogP contribution is 2.26. The summed E-state index contributed by atoms with van der Waals surface area (Å²) in [4.78, 5) is 14.0. The Kier molecular flexibility index (Phi) is 5.64. The molecule has 0 aliphatic carbocycles. The zero-order valence-electron chi connectivity index (χ0n) is 15.8. The number of hydrogen-bond donors (Lipinski definition) is 2. The van der Waals surface area contributed by atoms with Crippen molar-refractivity contribution in [1.82, 2.24) is 25.0 Å². The first-order valence-electron chi connectivity index (χ1n) is 8.20. The molecule has 2 N–H and O–H groups in total. The number of amides is 1. The van der Waals surface area contributed by atoms with Crippen LogP contribution in [0.1, 0.15) is 35.7 Å². The maximum Gasteiger partial charge on any atom is 0.234 e. The molecule has 0 aliphatic heterocycles. The van der Waals surface area contributed by atoms with Gasteiger partial charge in [0.15, 0.2) is 0 Å². The van der Waals surface area contributed by atoms with Gasteiger partial charge in [-0.2, -0.15) is 0 Å². The molecule has 0 spiro atoms. The molecule has 0 saturated heterocycles. The highest BCUT2D eigenvalue weighted by molar-refractivity contribution is 5.78. The Hall–Kier alpha value is -2.19. The van der Waals surface area contributed by atoms with Crippen molar-refractivity contribution < 1.29 is 14.3 Å². The standard InChI is InChI=1S/C17H27N5O3/c1-11-7-14(12(2)25-11)17(4,24)10-18-16(23)9-21(5)8-15-20-19-13(3)22(15)6/h7,24H,8-10H2,1-6H3,(H,18,23). The minimum absolute atomic E-state index is 0.114. The normalized spacial score (nSPS) is 13.9. The monoisotopic (exact) mass is 349 g/mol. The predicted molar refractivity (Wildman–Crippen MR) is 92.8 cm³/mol. The third-order valence-electron chi connectivity index (χ3n) is 4.26. The van der Waals surface area contributed by atoms with E-state index >= 15 is 0 Å². The van der Waals surface area contributed by atoms with Gasteiger partial charge < -0.3 is 19.4 Å². The highest BCUT2D eigenvalue weighted by atomic mass is 16.3. The van der Waals surface area contributed by atoms with Gasteiger partial charge in [-0.05, 0) is 40.8 Å². The number of hydrogen-bond acceptors (Lipinski definition) is 6. The minimum atomic E-state index is -1.18. The van der Waals surface area contributed by atoms with Crippen molar-refractivity contribution in [3.8, 4) is 0 Å². The first-order chi connectivity index (χ1) is 11.6. The molecular weight excluding hydrogens is 322 g/mol. The first-order valence-corrected chi connectivity index (χ1v) is 8.20. The summed E-state index contributed by atoms with van der Waals surface area (Å²) >= 11 is 0. The molecule has 2 aromatic rings. The average molecular weight is 349 g/mol. The van der Waals surface area contributed by atoms with E-state index in [1.54, 1.807) is 19.9 Å². The summed E-state index contributed by atoms with van der Waals surface area (Å²) in [7, 11) is 3.73. The van der Waals surface area contributed by atoms with Crippen LogP contribution in [-0.4, -0.2) is 50.8 Å². The molecule has 8 nitrogen and oxygen atoms in total. The molecule has 0 radical (unpaired) electrons. The maximum absolute atomic E-state index is 12.2. The number of carbonyl (C=O) groups is 1. The van der Waals surface area contributed by atoms with Gasteiger partial charge in [0.2, 0.25) is 5.91 Å². The topological polar surface area (TPSA) is 96.4 Å². The van der Waals surface area contributed by atoms with E-state index < -0.39 is 5.60 Å². The molecule has 138 valence electrons. The molecule has 0 bridgehead atoms. The quantitative estimate of drug-likeness (QED) is 0.767. The van der Waals surface area contributed by atoms with E-state index in [2.05, 4.69) is 15.5 Å². The number of likely N-dealkylation sites (N-methyl/N-ethyl adjacent to an activating group) is 1. The van der Waals surface area contributed by atoms with E-state index in [9.17, 15) is 9.90 Å². The lowest BCUT2D eigenvalue weighted by atomic mass is 9.96. The molecule has 2 rings (SSSR count). The summed E-state index contributed by atoms with van der Waals surface area (Å²) in [6.45, 7) is 8.00. The van der Waals surface area contributed by atoms with Crippen LogP contribution in [0.5, 0.6) is 0 Å². The summed E-state index contributed by atoms with van der Waals surface area (Å²) in [5.41, 5.74) is -0.496. The van der Waals surface area contributed by atoms with Crippen molar-refractivity contribution in [3.63, 3.8) is 0 Å². The number of nitrogens with zero attached hydrogens (tertiary/aromatic N) is 4. The summed E-state index contributed by atoms with van der Waals surface area (Å²) in [5, 5.41) is 21.5. The second-order valence-electron chi connectivity index (χ2n) is 6.77. The van der Waals surface area contributed by atoms with Crippen molar-refractivity contribution in [2.24, 2.45) is 7.05 Å². The Morgan fingerprint density at radius 2 is 2.08 bits per heavy atom. The van der Waals surface area contributed by atoms with E-state index in [0.29, 0.717) is 17.9 Å². The largest absolute Gasteiger partial charge is 0.466 e. The Morgan fingerprint density at radius 3 is 2.60 bits per heavy atom. The van der Waals surface area contributed by atoms with E-state index in [-0.39, 0.29) is 19.0 Å². The molecule has 2 aromatic heterocycles. The van der Waals surface area contributed by atoms with E-state index in [0.717, 1.165) is 17.4 Å². The molecule has 2 heterocycles. The summed E-state index contributed by atoms with van der Waals surface area (Å²) < 4.78 is 7.35. The third kappa shape index (κ3) is 4.67. The van der Waals surface area contributed by atoms with Crippen LogP contribution in [0.3, 0.4) is 0 Å². The zero-order valence-corrected chi connectivity index (χ0v) is 15.8. The van der Waals surface area contributed by atoms with Crippen LogP contribution in [0.2, 0.25) is 0 Å². The Bertz CT molecular complexity index is 748. The maximum atomic E-state index is 12.2. The van der Waals surface area contributed by atoms with Crippen molar-refractivity contribution in [2.75, 3.05) is 20.1 Å². The van der Waals surface area contributed by atoms with Crippen molar-refractivity contribution in [1.29, 1.82) is 0 Å². The van der Waals surface area contributed by atoms with E-state index in [4.69, 9.17) is 4.42 Å². The van der Waals surface area contributed by atoms with Crippen LogP contribution in [0.4, 0.5) is 0 Å². The van der Waals surface area contributed by atoms with Gasteiger partial charge in [0.1, 0.15) is 28.8 Å². The summed E-state index contributed by atoms with van der Waals surface area (Å²) in [5.74, 6) is 2.85. The van der Waals surface area contributed by atoms with Crippen LogP contribution in [-0.2, 0) is 24.0 Å². The summed E-state index contributed by atoms with van der Waals surface area (Å²) in [6, 6.07) is 1.80. The van der Waals surface area contributed by atoms with Crippen LogP contribution >= 0.6 is 0 Å². The highest BCUT2D eigenvalue weighted by Gasteiger charge is 2.28. The van der Waals surface area contributed by atoms with Gasteiger partial charge in [0.05, 0.1) is 19.6 Å². The van der Waals surface area contributed by atoms with Gasteiger partial charge >= 0.3 is 0 Å². The molecule has 8 heteroatoms. The second-order valence-corrected chi connectivity index (χ2v) is 6.77. The molecule has 1 unspecified atom stereocenters. The van der Waals surface area contributed by atoms with Gasteiger partial charge in [0, 0.05) is 12.6 Å². The first kappa shape index (κ1) is 19.1. The lowest BCUT2D eigenvalue weighted by Crippen LogP contribution is -2.42. The molecule has 1 amide bonds. The van der Waals surface area contributed by atoms with Crippen molar-refractivity contribution in [2.45, 2.75) is 39.8 Å². The zero-order chi connectivity index (χ0) is 18.8. The molecule has 0 aromatic carbocycles. The average Bonchev–Trinajstić information content (AvgIpc) is 3.02. The summed E-state index contributed by atoms with van der Waals surface area (Å²) in [6.07, 6.45) is 0. The van der Waals surface area contributed by atoms with Gasteiger partial charge in [-0.3, -0.25) is 9.69 Å². The smallest absolute Gasteiger partial charge is 0.234 e. The third-order valence-corrected chi connectivity index (χ3v) is 4.26. The minimum Gasteiger partial charge on any atom is -0.466 e. The van der Waals surface area contributed by atoms with E-state index in [1.165, 1.54) is 0 Å². The lowest BCUT2D eigenvalue weighted by molar-refractivity contribution is -0.123. The Labute approximate surface area is 147 Å². The number of aromatic nitrogens is 3. The van der Waals surface area contributed by atoms with Crippen LogP contribution in [0, 0.1) is 20.8 Å². The van der Waals surface area contributed by atoms with Crippen molar-refractivity contribution in [3.05, 3.63) is 34.8 Å². The number of nitrogens with one attached hydrogen (secondary N) is 1. The van der Waals surface area contributed by atoms with Gasteiger partial charge in [0.25, 0.3) is 0 Å². The number of aryl methyl sites for hydroxylation is 3.